The summed E-state index contributed by atoms with van der Waals surface area (Å²) in [6.07, 6.45) is 7.28. The van der Waals surface area contributed by atoms with Gasteiger partial charge in [0.2, 0.25) is 0 Å². The molecule has 0 unspecified atom stereocenters. The van der Waals surface area contributed by atoms with Gasteiger partial charge in [0.25, 0.3) is 0 Å². The number of nitrogens with one attached hydrogen (secondary N) is 2. The maximum atomic E-state index is 12.2. The lowest BCUT2D eigenvalue weighted by Gasteiger charge is -2.14. The smallest absolute Gasteiger partial charge is 0.308 e. The lowest BCUT2D eigenvalue weighted by Crippen LogP contribution is -2.19. The van der Waals surface area contributed by atoms with E-state index in [1.807, 2.05) is 37.3 Å². The van der Waals surface area contributed by atoms with Crippen LogP contribution in [0.4, 0.5) is 16.2 Å². The van der Waals surface area contributed by atoms with E-state index in [9.17, 15) is 4.79 Å². The number of urea groups is 1. The van der Waals surface area contributed by atoms with Crippen molar-refractivity contribution in [3.05, 3.63) is 77.1 Å². The van der Waals surface area contributed by atoms with Gasteiger partial charge in [0.15, 0.2) is 0 Å². The number of amides is 2. The van der Waals surface area contributed by atoms with Crippen LogP contribution in [0.3, 0.4) is 0 Å². The van der Waals surface area contributed by atoms with E-state index < -0.39 is 0 Å². The molecule has 7 heteroatoms. The van der Waals surface area contributed by atoms with Gasteiger partial charge in [-0.2, -0.15) is 0 Å². The van der Waals surface area contributed by atoms with Crippen LogP contribution in [-0.2, 0) is 6.42 Å². The molecule has 0 spiro atoms. The van der Waals surface area contributed by atoms with E-state index in [2.05, 4.69) is 32.5 Å². The number of aryl methyl sites for hydroxylation is 1. The SMILES string of the molecule is Cc1cncc(NC(=O)Nc2cccc([C@H](C)Cc3cncc(Cl)n3)c2)c1. The fourth-order valence-electron chi connectivity index (χ4n) is 2.75. The second kappa shape index (κ2) is 8.60. The Hall–Kier alpha value is -2.99. The number of carbonyl (C=O) groups is 1. The Bertz CT molecular complexity index is 947. The average molecular weight is 382 g/mol. The van der Waals surface area contributed by atoms with Crippen LogP contribution < -0.4 is 10.6 Å². The van der Waals surface area contributed by atoms with E-state index in [0.717, 1.165) is 22.5 Å². The normalized spacial score (nSPS) is 11.7. The van der Waals surface area contributed by atoms with Crippen molar-refractivity contribution in [1.29, 1.82) is 0 Å². The Balaban J connectivity index is 1.65. The standard InChI is InChI=1S/C20H20ClN5O/c1-13-6-17(10-22-9-13)26-20(27)25-16-5-3-4-15(8-16)14(2)7-18-11-23-12-19(21)24-18/h3-6,8-12,14H,7H2,1-2H3,(H2,25,26,27)/t14-/m1/s1. The number of halogens is 1. The number of anilines is 2. The van der Waals surface area contributed by atoms with Gasteiger partial charge in [-0.15, -0.1) is 0 Å². The highest BCUT2D eigenvalue weighted by Gasteiger charge is 2.10. The zero-order valence-electron chi connectivity index (χ0n) is 15.1. The van der Waals surface area contributed by atoms with E-state index >= 15 is 0 Å². The summed E-state index contributed by atoms with van der Waals surface area (Å²) in [4.78, 5) is 24.6. The summed E-state index contributed by atoms with van der Waals surface area (Å²) in [6, 6.07) is 9.29. The highest BCUT2D eigenvalue weighted by molar-refractivity contribution is 6.29. The Morgan fingerprint density at radius 2 is 1.85 bits per heavy atom. The van der Waals surface area contributed by atoms with Crippen molar-refractivity contribution in [3.63, 3.8) is 0 Å². The lowest BCUT2D eigenvalue weighted by molar-refractivity contribution is 0.262. The molecule has 0 radical (unpaired) electrons. The molecule has 138 valence electrons. The van der Waals surface area contributed by atoms with Crippen LogP contribution in [-0.4, -0.2) is 21.0 Å². The molecular formula is C20H20ClN5O. The van der Waals surface area contributed by atoms with E-state index in [4.69, 9.17) is 11.6 Å². The molecule has 6 nitrogen and oxygen atoms in total. The molecule has 0 aliphatic rings. The van der Waals surface area contributed by atoms with Gasteiger partial charge in [-0.1, -0.05) is 30.7 Å². The Labute approximate surface area is 163 Å². The number of hydrogen-bond acceptors (Lipinski definition) is 4. The predicted octanol–water partition coefficient (Wildman–Crippen LogP) is 4.82. The third-order valence-electron chi connectivity index (χ3n) is 4.02. The first-order valence-corrected chi connectivity index (χ1v) is 8.93. The molecule has 2 N–H and O–H groups in total. The van der Waals surface area contributed by atoms with Gasteiger partial charge < -0.3 is 10.6 Å². The van der Waals surface area contributed by atoms with Crippen molar-refractivity contribution in [2.24, 2.45) is 0 Å². The number of aromatic nitrogens is 3. The molecule has 0 aliphatic carbocycles. The molecule has 2 heterocycles. The summed E-state index contributed by atoms with van der Waals surface area (Å²) in [6.45, 7) is 4.02. The van der Waals surface area contributed by atoms with Gasteiger partial charge in [0.05, 0.1) is 23.8 Å². The van der Waals surface area contributed by atoms with Crippen LogP contribution in [0.1, 0.15) is 29.7 Å². The Morgan fingerprint density at radius 1 is 1.07 bits per heavy atom. The molecule has 0 aliphatic heterocycles. The van der Waals surface area contributed by atoms with E-state index in [1.54, 1.807) is 18.6 Å². The number of carbonyl (C=O) groups excluding carboxylic acids is 1. The van der Waals surface area contributed by atoms with Gasteiger partial charge in [-0.25, -0.2) is 9.78 Å². The first-order chi connectivity index (χ1) is 13.0. The quantitative estimate of drug-likeness (QED) is 0.663. The lowest BCUT2D eigenvalue weighted by atomic mass is 9.96. The zero-order chi connectivity index (χ0) is 19.2. The molecule has 1 aromatic carbocycles. The Kier molecular flexibility index (Phi) is 5.98. The minimum Gasteiger partial charge on any atom is -0.308 e. The van der Waals surface area contributed by atoms with Crippen molar-refractivity contribution in [2.75, 3.05) is 10.6 Å². The highest BCUT2D eigenvalue weighted by atomic mass is 35.5. The molecule has 0 saturated heterocycles. The van der Waals surface area contributed by atoms with E-state index in [-0.39, 0.29) is 11.9 Å². The highest BCUT2D eigenvalue weighted by Crippen LogP contribution is 2.23. The molecular weight excluding hydrogens is 362 g/mol. The monoisotopic (exact) mass is 381 g/mol. The van der Waals surface area contributed by atoms with E-state index in [1.165, 1.54) is 6.20 Å². The molecule has 3 aromatic rings. The van der Waals surface area contributed by atoms with Crippen molar-refractivity contribution in [3.8, 4) is 0 Å². The first-order valence-electron chi connectivity index (χ1n) is 8.55. The maximum Gasteiger partial charge on any atom is 0.323 e. The Morgan fingerprint density at radius 3 is 2.63 bits per heavy atom. The van der Waals surface area contributed by atoms with Crippen molar-refractivity contribution < 1.29 is 4.79 Å². The van der Waals surface area contributed by atoms with Gasteiger partial charge in [-0.05, 0) is 48.6 Å². The minimum atomic E-state index is -0.312. The summed E-state index contributed by atoms with van der Waals surface area (Å²) in [7, 11) is 0. The predicted molar refractivity (Wildman–Crippen MR) is 107 cm³/mol. The molecule has 3 rings (SSSR count). The van der Waals surface area contributed by atoms with Gasteiger partial charge in [-0.3, -0.25) is 9.97 Å². The number of hydrogen-bond donors (Lipinski definition) is 2. The number of pyridine rings is 1. The first kappa shape index (κ1) is 18.8. The second-order valence-electron chi connectivity index (χ2n) is 6.39. The zero-order valence-corrected chi connectivity index (χ0v) is 15.9. The molecule has 0 saturated carbocycles. The van der Waals surface area contributed by atoms with Crippen LogP contribution in [0, 0.1) is 6.92 Å². The van der Waals surface area contributed by atoms with Crippen LogP contribution >= 0.6 is 11.6 Å². The fourth-order valence-corrected chi connectivity index (χ4v) is 2.91. The summed E-state index contributed by atoms with van der Waals surface area (Å²) in [5.41, 5.74) is 4.27. The largest absolute Gasteiger partial charge is 0.323 e. The van der Waals surface area contributed by atoms with Crippen LogP contribution in [0.5, 0.6) is 0 Å². The molecule has 1 atom stereocenters. The van der Waals surface area contributed by atoms with Crippen LogP contribution in [0.2, 0.25) is 5.15 Å². The minimum absolute atomic E-state index is 0.198. The summed E-state index contributed by atoms with van der Waals surface area (Å²) < 4.78 is 0. The molecule has 2 aromatic heterocycles. The summed E-state index contributed by atoms with van der Waals surface area (Å²) >= 11 is 5.90. The van der Waals surface area contributed by atoms with Crippen LogP contribution in [0.15, 0.2) is 55.1 Å². The van der Waals surface area contributed by atoms with Crippen molar-refractivity contribution in [2.45, 2.75) is 26.2 Å². The fraction of sp³-hybridized carbons (Fsp3) is 0.200. The van der Waals surface area contributed by atoms with Gasteiger partial charge >= 0.3 is 6.03 Å². The van der Waals surface area contributed by atoms with Crippen molar-refractivity contribution in [1.82, 2.24) is 15.0 Å². The molecule has 0 bridgehead atoms. The number of nitrogens with zero attached hydrogens (tertiary/aromatic N) is 3. The molecule has 0 fully saturated rings. The van der Waals surface area contributed by atoms with Gasteiger partial charge in [0.1, 0.15) is 5.15 Å². The topological polar surface area (TPSA) is 79.8 Å². The second-order valence-corrected chi connectivity index (χ2v) is 6.78. The molecule has 27 heavy (non-hydrogen) atoms. The van der Waals surface area contributed by atoms with Gasteiger partial charge in [0, 0.05) is 18.1 Å². The summed E-state index contributed by atoms with van der Waals surface area (Å²) in [5, 5.41) is 6.02. The number of rotatable bonds is 5. The number of benzene rings is 1. The average Bonchev–Trinajstić information content (AvgIpc) is 2.62. The summed E-state index contributed by atoms with van der Waals surface area (Å²) in [5.74, 6) is 0.198. The maximum absolute atomic E-state index is 12.2. The van der Waals surface area contributed by atoms with Crippen molar-refractivity contribution >= 4 is 29.0 Å². The van der Waals surface area contributed by atoms with Crippen LogP contribution in [0.25, 0.3) is 0 Å². The third kappa shape index (κ3) is 5.49. The van der Waals surface area contributed by atoms with E-state index in [0.29, 0.717) is 17.3 Å². The third-order valence-corrected chi connectivity index (χ3v) is 4.20. The molecule has 2 amide bonds.